The van der Waals surface area contributed by atoms with Crippen LogP contribution in [0.4, 0.5) is 0 Å². The average molecular weight is 530 g/mol. The molecule has 2 heterocycles. The van der Waals surface area contributed by atoms with Crippen molar-refractivity contribution < 1.29 is 4.74 Å². The summed E-state index contributed by atoms with van der Waals surface area (Å²) in [4.78, 5) is 9.43. The maximum atomic E-state index is 5.59. The molecule has 0 spiro atoms. The minimum absolute atomic E-state index is 0. The van der Waals surface area contributed by atoms with Crippen LogP contribution in [0.5, 0.6) is 0 Å². The maximum Gasteiger partial charge on any atom is 0.191 e. The van der Waals surface area contributed by atoms with Gasteiger partial charge in [0.05, 0.1) is 0 Å². The first-order chi connectivity index (χ1) is 14.0. The van der Waals surface area contributed by atoms with Crippen LogP contribution in [0.2, 0.25) is 0 Å². The van der Waals surface area contributed by atoms with Crippen LogP contribution in [0, 0.1) is 0 Å². The van der Waals surface area contributed by atoms with Crippen LogP contribution in [-0.4, -0.2) is 81.3 Å². The molecule has 0 amide bonds. The summed E-state index contributed by atoms with van der Waals surface area (Å²) in [6, 6.07) is 11.8. The molecule has 2 aliphatic heterocycles. The van der Waals surface area contributed by atoms with Crippen LogP contribution in [0.15, 0.2) is 35.3 Å². The zero-order valence-corrected chi connectivity index (χ0v) is 21.4. The highest BCUT2D eigenvalue weighted by Gasteiger charge is 2.35. The molecule has 0 bridgehead atoms. The number of nitrogens with zero attached hydrogens (tertiary/aromatic N) is 3. The monoisotopic (exact) mass is 529 g/mol. The van der Waals surface area contributed by atoms with E-state index in [2.05, 4.69) is 76.8 Å². The molecule has 1 aromatic rings. The summed E-state index contributed by atoms with van der Waals surface area (Å²) in [5.41, 5.74) is 1.55. The van der Waals surface area contributed by atoms with Gasteiger partial charge >= 0.3 is 0 Å². The molecule has 170 valence electrons. The van der Waals surface area contributed by atoms with Gasteiger partial charge in [-0.25, -0.2) is 0 Å². The summed E-state index contributed by atoms with van der Waals surface area (Å²) in [7, 11) is 6.22. The van der Waals surface area contributed by atoms with E-state index in [0.717, 1.165) is 64.5 Å². The number of ether oxygens (including phenoxy) is 1. The Morgan fingerprint density at radius 2 is 1.83 bits per heavy atom. The number of rotatable bonds is 6. The van der Waals surface area contributed by atoms with Gasteiger partial charge in [0.2, 0.25) is 0 Å². The van der Waals surface area contributed by atoms with E-state index in [1.54, 1.807) is 0 Å². The fourth-order valence-corrected chi connectivity index (χ4v) is 4.54. The quantitative estimate of drug-likeness (QED) is 0.337. The van der Waals surface area contributed by atoms with E-state index in [1.807, 2.05) is 7.05 Å². The SMILES string of the molecule is CN=C(NCC1(N(C)C)CCOCC1)NC1CCN(C(C)c2ccccc2)CC1.I. The van der Waals surface area contributed by atoms with Gasteiger partial charge in [-0.1, -0.05) is 30.3 Å². The summed E-state index contributed by atoms with van der Waals surface area (Å²) in [5.74, 6) is 0.923. The molecule has 0 radical (unpaired) electrons. The number of nitrogens with one attached hydrogen (secondary N) is 2. The lowest BCUT2D eigenvalue weighted by molar-refractivity contribution is -0.00504. The predicted molar refractivity (Wildman–Crippen MR) is 136 cm³/mol. The molecule has 1 atom stereocenters. The number of likely N-dealkylation sites (tertiary alicyclic amines) is 1. The lowest BCUT2D eigenvalue weighted by atomic mass is 9.88. The van der Waals surface area contributed by atoms with E-state index in [9.17, 15) is 0 Å². The van der Waals surface area contributed by atoms with Crippen molar-refractivity contribution in [3.05, 3.63) is 35.9 Å². The lowest BCUT2D eigenvalue weighted by Crippen LogP contribution is -2.58. The molecule has 0 aromatic heterocycles. The number of aliphatic imine (C=N–C) groups is 1. The molecule has 1 aromatic carbocycles. The Morgan fingerprint density at radius 3 is 2.40 bits per heavy atom. The third-order valence-electron chi connectivity index (χ3n) is 6.88. The lowest BCUT2D eigenvalue weighted by Gasteiger charge is -2.43. The maximum absolute atomic E-state index is 5.59. The third kappa shape index (κ3) is 6.55. The molecular formula is C23H40IN5O. The number of hydrogen-bond acceptors (Lipinski definition) is 4. The van der Waals surface area contributed by atoms with Gasteiger partial charge in [0.15, 0.2) is 5.96 Å². The van der Waals surface area contributed by atoms with Gasteiger partial charge in [-0.3, -0.25) is 9.89 Å². The van der Waals surface area contributed by atoms with Crippen LogP contribution in [-0.2, 0) is 4.74 Å². The Morgan fingerprint density at radius 1 is 1.20 bits per heavy atom. The Labute approximate surface area is 199 Å². The van der Waals surface area contributed by atoms with E-state index in [0.29, 0.717) is 12.1 Å². The first-order valence-corrected chi connectivity index (χ1v) is 11.1. The van der Waals surface area contributed by atoms with Crippen molar-refractivity contribution in [1.82, 2.24) is 20.4 Å². The average Bonchev–Trinajstić information content (AvgIpc) is 2.77. The van der Waals surface area contributed by atoms with Crippen molar-refractivity contribution in [3.63, 3.8) is 0 Å². The molecule has 2 aliphatic rings. The topological polar surface area (TPSA) is 52.1 Å². The minimum atomic E-state index is 0. The fourth-order valence-electron chi connectivity index (χ4n) is 4.54. The molecule has 2 fully saturated rings. The summed E-state index contributed by atoms with van der Waals surface area (Å²) in [6.07, 6.45) is 4.40. The zero-order valence-electron chi connectivity index (χ0n) is 19.1. The highest BCUT2D eigenvalue weighted by molar-refractivity contribution is 14.0. The van der Waals surface area contributed by atoms with Crippen LogP contribution < -0.4 is 10.6 Å². The van der Waals surface area contributed by atoms with Crippen LogP contribution in [0.3, 0.4) is 0 Å². The van der Waals surface area contributed by atoms with Gasteiger partial charge in [0.1, 0.15) is 0 Å². The Hall–Kier alpha value is -0.900. The number of likely N-dealkylation sites (N-methyl/N-ethyl adjacent to an activating group) is 1. The standard InChI is InChI=1S/C23H39N5O.HI/c1-19(20-8-6-5-7-9-20)28-14-10-21(11-15-28)26-22(24-2)25-18-23(27(3)4)12-16-29-17-13-23;/h5-9,19,21H,10-18H2,1-4H3,(H2,24,25,26);1H. The van der Waals surface area contributed by atoms with E-state index in [4.69, 9.17) is 4.74 Å². The number of benzene rings is 1. The van der Waals surface area contributed by atoms with Crippen molar-refractivity contribution in [2.45, 2.75) is 50.2 Å². The Kier molecular flexibility index (Phi) is 10.3. The molecule has 7 heteroatoms. The van der Waals surface area contributed by atoms with Crippen molar-refractivity contribution in [3.8, 4) is 0 Å². The third-order valence-corrected chi connectivity index (χ3v) is 6.88. The Bertz CT molecular complexity index is 640. The second kappa shape index (κ2) is 12.2. The van der Waals surface area contributed by atoms with Crippen LogP contribution >= 0.6 is 24.0 Å². The molecule has 1 unspecified atom stereocenters. The van der Waals surface area contributed by atoms with Crippen molar-refractivity contribution in [2.75, 3.05) is 54.0 Å². The number of guanidine groups is 1. The summed E-state index contributed by atoms with van der Waals surface area (Å²) in [5, 5.41) is 7.26. The smallest absolute Gasteiger partial charge is 0.191 e. The largest absolute Gasteiger partial charge is 0.381 e. The van der Waals surface area contributed by atoms with E-state index in [1.165, 1.54) is 5.56 Å². The fraction of sp³-hybridized carbons (Fsp3) is 0.696. The first kappa shape index (κ1) is 25.4. The summed E-state index contributed by atoms with van der Waals surface area (Å²) >= 11 is 0. The van der Waals surface area contributed by atoms with Gasteiger partial charge < -0.3 is 20.3 Å². The van der Waals surface area contributed by atoms with E-state index in [-0.39, 0.29) is 29.5 Å². The molecule has 3 rings (SSSR count). The Balaban J connectivity index is 0.00000320. The summed E-state index contributed by atoms with van der Waals surface area (Å²) in [6.45, 7) is 7.12. The molecule has 2 saturated heterocycles. The highest BCUT2D eigenvalue weighted by Crippen LogP contribution is 2.26. The van der Waals surface area contributed by atoms with Crippen molar-refractivity contribution in [1.29, 1.82) is 0 Å². The predicted octanol–water partition coefficient (Wildman–Crippen LogP) is 3.11. The minimum Gasteiger partial charge on any atom is -0.381 e. The number of piperidine rings is 1. The van der Waals surface area contributed by atoms with Crippen molar-refractivity contribution in [2.24, 2.45) is 4.99 Å². The van der Waals surface area contributed by atoms with Crippen molar-refractivity contribution >= 4 is 29.9 Å². The summed E-state index contributed by atoms with van der Waals surface area (Å²) < 4.78 is 5.59. The van der Waals surface area contributed by atoms with E-state index < -0.39 is 0 Å². The van der Waals surface area contributed by atoms with Crippen LogP contribution in [0.1, 0.15) is 44.2 Å². The van der Waals surface area contributed by atoms with E-state index >= 15 is 0 Å². The molecular weight excluding hydrogens is 489 g/mol. The van der Waals surface area contributed by atoms with Gasteiger partial charge in [0, 0.05) is 57.5 Å². The molecule has 30 heavy (non-hydrogen) atoms. The number of hydrogen-bond donors (Lipinski definition) is 2. The number of halogens is 1. The van der Waals surface area contributed by atoms with Gasteiger partial charge in [-0.2, -0.15) is 0 Å². The molecule has 6 nitrogen and oxygen atoms in total. The normalized spacial score (nSPS) is 21.7. The molecule has 0 saturated carbocycles. The van der Waals surface area contributed by atoms with Crippen LogP contribution in [0.25, 0.3) is 0 Å². The first-order valence-electron chi connectivity index (χ1n) is 11.1. The van der Waals surface area contributed by atoms with Gasteiger partial charge in [0.25, 0.3) is 0 Å². The highest BCUT2D eigenvalue weighted by atomic mass is 127. The second-order valence-electron chi connectivity index (χ2n) is 8.70. The second-order valence-corrected chi connectivity index (χ2v) is 8.70. The molecule has 0 aliphatic carbocycles. The van der Waals surface area contributed by atoms with Gasteiger partial charge in [-0.15, -0.1) is 24.0 Å². The van der Waals surface area contributed by atoms with Gasteiger partial charge in [-0.05, 0) is 52.3 Å². The zero-order chi connectivity index (χ0) is 20.7. The molecule has 2 N–H and O–H groups in total.